The van der Waals surface area contributed by atoms with E-state index in [1.807, 2.05) is 0 Å². The fourth-order valence-electron chi connectivity index (χ4n) is 2.79. The van der Waals surface area contributed by atoms with E-state index in [1.165, 1.54) is 0 Å². The normalized spacial score (nSPS) is 21.9. The van der Waals surface area contributed by atoms with E-state index >= 15 is 0 Å². The molecule has 1 N–H and O–H groups in total. The van der Waals surface area contributed by atoms with Crippen LogP contribution in [0.1, 0.15) is 12.8 Å². The van der Waals surface area contributed by atoms with Crippen LogP contribution in [0.15, 0.2) is 18.2 Å². The summed E-state index contributed by atoms with van der Waals surface area (Å²) in [6, 6.07) is 3.88. The highest BCUT2D eigenvalue weighted by Crippen LogP contribution is 2.35. The molecule has 0 spiro atoms. The molecule has 3 amide bonds. The van der Waals surface area contributed by atoms with E-state index in [2.05, 4.69) is 10.2 Å². The summed E-state index contributed by atoms with van der Waals surface area (Å²) in [5, 5.41) is 3.28. The van der Waals surface area contributed by atoms with Gasteiger partial charge in [0.2, 0.25) is 0 Å². The molecule has 8 heteroatoms. The quantitative estimate of drug-likeness (QED) is 0.839. The van der Waals surface area contributed by atoms with E-state index in [-0.39, 0.29) is 34.0 Å². The zero-order chi connectivity index (χ0) is 15.0. The van der Waals surface area contributed by atoms with Crippen LogP contribution in [0.25, 0.3) is 0 Å². The molecular formula is C14H16Cl3N3O2. The molecule has 120 valence electrons. The first-order valence-electron chi connectivity index (χ1n) is 6.89. The van der Waals surface area contributed by atoms with Gasteiger partial charge in [-0.1, -0.05) is 29.3 Å². The summed E-state index contributed by atoms with van der Waals surface area (Å²) in [6.07, 6.45) is 2.27. The van der Waals surface area contributed by atoms with Gasteiger partial charge in [0.1, 0.15) is 6.04 Å². The van der Waals surface area contributed by atoms with Gasteiger partial charge in [-0.05, 0) is 38.1 Å². The topological polar surface area (TPSA) is 52.7 Å². The summed E-state index contributed by atoms with van der Waals surface area (Å²) in [7, 11) is 0. The predicted molar refractivity (Wildman–Crippen MR) is 89.2 cm³/mol. The van der Waals surface area contributed by atoms with Crippen molar-refractivity contribution in [2.24, 2.45) is 0 Å². The minimum atomic E-state index is -0.539. The maximum Gasteiger partial charge on any atom is 0.329 e. The first-order valence-corrected chi connectivity index (χ1v) is 7.64. The lowest BCUT2D eigenvalue weighted by atomic mass is 10.2. The SMILES string of the molecule is Cl.O=C1NC(CN2CCCC2)C(=O)N1c1c(Cl)cccc1Cl. The lowest BCUT2D eigenvalue weighted by Gasteiger charge is -2.19. The average molecular weight is 365 g/mol. The van der Waals surface area contributed by atoms with Gasteiger partial charge in [-0.25, -0.2) is 9.69 Å². The molecule has 2 fully saturated rings. The number of hydrogen-bond donors (Lipinski definition) is 1. The van der Waals surface area contributed by atoms with E-state index in [0.29, 0.717) is 6.54 Å². The lowest BCUT2D eigenvalue weighted by molar-refractivity contribution is -0.118. The number of nitrogens with one attached hydrogen (secondary N) is 1. The van der Waals surface area contributed by atoms with Crippen molar-refractivity contribution in [2.75, 3.05) is 24.5 Å². The zero-order valence-corrected chi connectivity index (χ0v) is 14.0. The number of likely N-dealkylation sites (tertiary alicyclic amines) is 1. The molecule has 0 radical (unpaired) electrons. The van der Waals surface area contributed by atoms with Crippen molar-refractivity contribution in [2.45, 2.75) is 18.9 Å². The highest BCUT2D eigenvalue weighted by atomic mass is 35.5. The molecule has 2 saturated heterocycles. The number of anilines is 1. The second kappa shape index (κ2) is 7.04. The van der Waals surface area contributed by atoms with Gasteiger partial charge in [0.25, 0.3) is 5.91 Å². The number of hydrogen-bond acceptors (Lipinski definition) is 3. The van der Waals surface area contributed by atoms with Gasteiger partial charge in [-0.3, -0.25) is 4.79 Å². The third-order valence-electron chi connectivity index (χ3n) is 3.82. The number of urea groups is 1. The summed E-state index contributed by atoms with van der Waals surface area (Å²) in [4.78, 5) is 27.9. The Morgan fingerprint density at radius 2 is 1.73 bits per heavy atom. The smallest absolute Gasteiger partial charge is 0.324 e. The van der Waals surface area contributed by atoms with Crippen molar-refractivity contribution in [1.29, 1.82) is 0 Å². The van der Waals surface area contributed by atoms with Crippen LogP contribution in [-0.2, 0) is 4.79 Å². The van der Waals surface area contributed by atoms with E-state index in [9.17, 15) is 9.59 Å². The van der Waals surface area contributed by atoms with E-state index in [1.54, 1.807) is 18.2 Å². The van der Waals surface area contributed by atoms with Crippen LogP contribution in [0.4, 0.5) is 10.5 Å². The Bertz CT molecular complexity index is 570. The van der Waals surface area contributed by atoms with E-state index < -0.39 is 12.1 Å². The molecule has 0 aliphatic carbocycles. The molecule has 0 saturated carbocycles. The molecule has 0 aromatic heterocycles. The summed E-state index contributed by atoms with van der Waals surface area (Å²) in [5.41, 5.74) is 0.257. The van der Waals surface area contributed by atoms with Crippen LogP contribution in [0, 0.1) is 0 Å². The Morgan fingerprint density at radius 1 is 1.14 bits per heavy atom. The second-order valence-corrected chi connectivity index (χ2v) is 6.07. The summed E-state index contributed by atoms with van der Waals surface area (Å²) in [5.74, 6) is -0.304. The maximum absolute atomic E-state index is 12.5. The lowest BCUT2D eigenvalue weighted by Crippen LogP contribution is -2.41. The first-order chi connectivity index (χ1) is 10.1. The number of nitrogens with zero attached hydrogens (tertiary/aromatic N) is 2. The third kappa shape index (κ3) is 3.18. The van der Waals surface area contributed by atoms with Gasteiger partial charge in [-0.15, -0.1) is 12.4 Å². The van der Waals surface area contributed by atoms with E-state index in [0.717, 1.165) is 30.8 Å². The van der Waals surface area contributed by atoms with Gasteiger partial charge < -0.3 is 10.2 Å². The number of carbonyl (C=O) groups is 2. The summed E-state index contributed by atoms with van der Waals surface area (Å²) >= 11 is 12.2. The molecule has 2 heterocycles. The Hall–Kier alpha value is -1.01. The second-order valence-electron chi connectivity index (χ2n) is 5.25. The summed E-state index contributed by atoms with van der Waals surface area (Å²) < 4.78 is 0. The standard InChI is InChI=1S/C14H15Cl2N3O2.ClH/c15-9-4-3-5-10(16)12(9)19-13(20)11(17-14(19)21)8-18-6-1-2-7-18;/h3-5,11H,1-2,6-8H2,(H,17,21);1H. The average Bonchev–Trinajstić information content (AvgIpc) is 3.02. The van der Waals surface area contributed by atoms with Crippen LogP contribution in [0.2, 0.25) is 10.0 Å². The highest BCUT2D eigenvalue weighted by Gasteiger charge is 2.41. The van der Waals surface area contributed by atoms with Crippen LogP contribution >= 0.6 is 35.6 Å². The van der Waals surface area contributed by atoms with Gasteiger partial charge in [0.15, 0.2) is 0 Å². The fourth-order valence-corrected chi connectivity index (χ4v) is 3.36. The largest absolute Gasteiger partial charge is 0.329 e. The molecule has 3 rings (SSSR count). The predicted octanol–water partition coefficient (Wildman–Crippen LogP) is 2.94. The molecule has 1 aromatic rings. The number of amides is 3. The molecule has 1 aromatic carbocycles. The molecule has 1 atom stereocenters. The third-order valence-corrected chi connectivity index (χ3v) is 4.43. The van der Waals surface area contributed by atoms with Crippen molar-refractivity contribution in [3.63, 3.8) is 0 Å². The van der Waals surface area contributed by atoms with Gasteiger partial charge in [0.05, 0.1) is 15.7 Å². The minimum Gasteiger partial charge on any atom is -0.324 e. The summed E-state index contributed by atoms with van der Waals surface area (Å²) in [6.45, 7) is 2.46. The number of para-hydroxylation sites is 1. The van der Waals surface area contributed by atoms with Gasteiger partial charge >= 0.3 is 6.03 Å². The monoisotopic (exact) mass is 363 g/mol. The Kier molecular flexibility index (Phi) is 5.55. The highest BCUT2D eigenvalue weighted by molar-refractivity contribution is 6.42. The van der Waals surface area contributed by atoms with Crippen molar-refractivity contribution in [3.8, 4) is 0 Å². The van der Waals surface area contributed by atoms with Crippen LogP contribution < -0.4 is 10.2 Å². The Labute approximate surface area is 144 Å². The molecule has 22 heavy (non-hydrogen) atoms. The van der Waals surface area contributed by atoms with Crippen LogP contribution in [0.3, 0.4) is 0 Å². The Morgan fingerprint density at radius 3 is 2.32 bits per heavy atom. The maximum atomic E-state index is 12.5. The Balaban J connectivity index is 0.00000176. The number of benzene rings is 1. The number of rotatable bonds is 3. The van der Waals surface area contributed by atoms with Gasteiger partial charge in [-0.2, -0.15) is 0 Å². The van der Waals surface area contributed by atoms with Crippen LogP contribution in [0.5, 0.6) is 0 Å². The van der Waals surface area contributed by atoms with Crippen molar-refractivity contribution in [1.82, 2.24) is 10.2 Å². The molecular weight excluding hydrogens is 349 g/mol. The van der Waals surface area contributed by atoms with Crippen molar-refractivity contribution < 1.29 is 9.59 Å². The van der Waals surface area contributed by atoms with Crippen molar-refractivity contribution >= 4 is 53.2 Å². The number of imide groups is 1. The minimum absolute atomic E-state index is 0. The molecule has 0 bridgehead atoms. The van der Waals surface area contributed by atoms with Gasteiger partial charge in [0, 0.05) is 6.54 Å². The fraction of sp³-hybridized carbons (Fsp3) is 0.429. The van der Waals surface area contributed by atoms with Crippen LogP contribution in [-0.4, -0.2) is 42.5 Å². The molecule has 5 nitrogen and oxygen atoms in total. The van der Waals surface area contributed by atoms with E-state index in [4.69, 9.17) is 23.2 Å². The zero-order valence-electron chi connectivity index (χ0n) is 11.7. The molecule has 2 aliphatic rings. The molecule has 2 aliphatic heterocycles. The number of halogens is 3. The molecule has 1 unspecified atom stereocenters. The first kappa shape index (κ1) is 17.3. The van der Waals surface area contributed by atoms with Crippen molar-refractivity contribution in [3.05, 3.63) is 28.2 Å². The number of carbonyl (C=O) groups excluding carboxylic acids is 2.